The molecule has 1 atom stereocenters. The summed E-state index contributed by atoms with van der Waals surface area (Å²) in [7, 11) is 0. The minimum atomic E-state index is -0.717. The number of likely N-dealkylation sites (tertiary alicyclic amines) is 1. The quantitative estimate of drug-likeness (QED) is 0.884. The van der Waals surface area contributed by atoms with E-state index in [4.69, 9.17) is 0 Å². The molecule has 1 saturated heterocycles. The van der Waals surface area contributed by atoms with Gasteiger partial charge in [-0.2, -0.15) is 0 Å². The highest BCUT2D eigenvalue weighted by atomic mass is 16.3. The molecule has 0 amide bonds. The molecule has 0 spiro atoms. The summed E-state index contributed by atoms with van der Waals surface area (Å²) >= 11 is 0. The normalized spacial score (nSPS) is 23.3. The third-order valence-electron chi connectivity index (χ3n) is 3.68. The molecule has 1 aliphatic rings. The first-order chi connectivity index (χ1) is 9.63. The molecule has 1 unspecified atom stereocenters. The van der Waals surface area contributed by atoms with E-state index < -0.39 is 5.60 Å². The van der Waals surface area contributed by atoms with Crippen LogP contribution >= 0.6 is 0 Å². The fourth-order valence-corrected chi connectivity index (χ4v) is 2.79. The van der Waals surface area contributed by atoms with Crippen LogP contribution in [-0.2, 0) is 13.1 Å². The molecule has 106 valence electrons. The maximum Gasteiger partial charge on any atom is 0.0981 e. The fraction of sp³-hybridized carbons (Fsp3) is 0.500. The van der Waals surface area contributed by atoms with Crippen molar-refractivity contribution in [3.63, 3.8) is 0 Å². The van der Waals surface area contributed by atoms with Gasteiger partial charge in [0.15, 0.2) is 0 Å². The summed E-state index contributed by atoms with van der Waals surface area (Å²) in [5.74, 6) is 0. The lowest BCUT2D eigenvalue weighted by molar-refractivity contribution is 0.0274. The molecule has 2 aromatic rings. The Morgan fingerprint density at radius 1 is 1.40 bits per heavy atom. The van der Waals surface area contributed by atoms with Crippen LogP contribution in [0.5, 0.6) is 0 Å². The van der Waals surface area contributed by atoms with E-state index in [1.165, 1.54) is 11.1 Å². The van der Waals surface area contributed by atoms with E-state index in [9.17, 15) is 5.11 Å². The van der Waals surface area contributed by atoms with E-state index in [1.807, 2.05) is 19.3 Å². The molecule has 0 bridgehead atoms. The molecule has 1 fully saturated rings. The molecule has 6 heteroatoms. The van der Waals surface area contributed by atoms with Crippen LogP contribution in [-0.4, -0.2) is 48.7 Å². The summed E-state index contributed by atoms with van der Waals surface area (Å²) in [6, 6.07) is 2.14. The van der Waals surface area contributed by atoms with Crippen molar-refractivity contribution in [3.05, 3.63) is 42.0 Å². The Kier molecular flexibility index (Phi) is 3.50. The maximum absolute atomic E-state index is 10.6. The summed E-state index contributed by atoms with van der Waals surface area (Å²) in [5.41, 5.74) is 1.64. The van der Waals surface area contributed by atoms with Gasteiger partial charge in [0.2, 0.25) is 0 Å². The zero-order valence-corrected chi connectivity index (χ0v) is 11.6. The van der Waals surface area contributed by atoms with E-state index >= 15 is 0 Å². The van der Waals surface area contributed by atoms with Gasteiger partial charge in [0.1, 0.15) is 0 Å². The van der Waals surface area contributed by atoms with Crippen LogP contribution in [0.2, 0.25) is 0 Å². The largest absolute Gasteiger partial charge is 0.387 e. The molecular weight excluding hydrogens is 254 g/mol. The Labute approximate surface area is 118 Å². The van der Waals surface area contributed by atoms with Crippen LogP contribution in [0.25, 0.3) is 0 Å². The van der Waals surface area contributed by atoms with Gasteiger partial charge in [-0.15, -0.1) is 5.10 Å². The molecule has 0 saturated carbocycles. The highest BCUT2D eigenvalue weighted by molar-refractivity contribution is 5.16. The predicted molar refractivity (Wildman–Crippen MR) is 73.8 cm³/mol. The minimum absolute atomic E-state index is 0.496. The van der Waals surface area contributed by atoms with Crippen LogP contribution in [0.3, 0.4) is 0 Å². The van der Waals surface area contributed by atoms with E-state index in [-0.39, 0.29) is 0 Å². The standard InChI is InChI=1S/C14H19N5O/c1-12-6-13(8-15-7-12)9-18-4-2-14(20,10-18)11-19-5-3-16-17-19/h3,5-8,20H,2,4,9-11H2,1H3. The van der Waals surface area contributed by atoms with Crippen LogP contribution in [0.15, 0.2) is 30.9 Å². The fourth-order valence-electron chi connectivity index (χ4n) is 2.79. The molecule has 0 radical (unpaired) electrons. The first-order valence-electron chi connectivity index (χ1n) is 6.82. The lowest BCUT2D eigenvalue weighted by atomic mass is 10.0. The molecule has 3 heterocycles. The third-order valence-corrected chi connectivity index (χ3v) is 3.68. The second kappa shape index (κ2) is 5.30. The first kappa shape index (κ1) is 13.2. The van der Waals surface area contributed by atoms with Gasteiger partial charge in [-0.3, -0.25) is 9.88 Å². The van der Waals surface area contributed by atoms with Crippen molar-refractivity contribution in [2.75, 3.05) is 13.1 Å². The lowest BCUT2D eigenvalue weighted by Gasteiger charge is -2.23. The molecular formula is C14H19N5O. The number of hydrogen-bond donors (Lipinski definition) is 1. The smallest absolute Gasteiger partial charge is 0.0981 e. The van der Waals surface area contributed by atoms with E-state index in [1.54, 1.807) is 17.1 Å². The average Bonchev–Trinajstić information content (AvgIpc) is 3.00. The zero-order valence-electron chi connectivity index (χ0n) is 11.6. The van der Waals surface area contributed by atoms with Crippen molar-refractivity contribution >= 4 is 0 Å². The van der Waals surface area contributed by atoms with E-state index in [2.05, 4.69) is 26.3 Å². The van der Waals surface area contributed by atoms with Gasteiger partial charge in [0.25, 0.3) is 0 Å². The molecule has 3 rings (SSSR count). The number of pyridine rings is 1. The van der Waals surface area contributed by atoms with Gasteiger partial charge in [0, 0.05) is 38.2 Å². The van der Waals surface area contributed by atoms with Crippen LogP contribution < -0.4 is 0 Å². The number of aliphatic hydroxyl groups is 1. The number of aryl methyl sites for hydroxylation is 1. The third kappa shape index (κ3) is 3.02. The molecule has 1 aliphatic heterocycles. The minimum Gasteiger partial charge on any atom is -0.387 e. The Hall–Kier alpha value is -1.79. The second-order valence-corrected chi connectivity index (χ2v) is 5.66. The van der Waals surface area contributed by atoms with Gasteiger partial charge >= 0.3 is 0 Å². The summed E-state index contributed by atoms with van der Waals surface area (Å²) < 4.78 is 1.69. The Balaban J connectivity index is 1.61. The Bertz CT molecular complexity index is 571. The van der Waals surface area contributed by atoms with Gasteiger partial charge in [0.05, 0.1) is 18.3 Å². The highest BCUT2D eigenvalue weighted by Crippen LogP contribution is 2.24. The molecule has 6 nitrogen and oxygen atoms in total. The van der Waals surface area contributed by atoms with Crippen molar-refractivity contribution in [1.82, 2.24) is 24.9 Å². The van der Waals surface area contributed by atoms with Crippen molar-refractivity contribution in [2.24, 2.45) is 0 Å². The predicted octanol–water partition coefficient (Wildman–Crippen LogP) is 0.619. The van der Waals surface area contributed by atoms with Gasteiger partial charge in [-0.1, -0.05) is 11.3 Å². The molecule has 0 aromatic carbocycles. The number of nitrogens with zero attached hydrogens (tertiary/aromatic N) is 5. The van der Waals surface area contributed by atoms with Crippen LogP contribution in [0.1, 0.15) is 17.5 Å². The number of β-amino-alcohol motifs (C(OH)–C–C–N with tert-alkyl or cyclic N) is 1. The molecule has 20 heavy (non-hydrogen) atoms. The number of hydrogen-bond acceptors (Lipinski definition) is 5. The average molecular weight is 273 g/mol. The SMILES string of the molecule is Cc1cncc(CN2CCC(O)(Cn3ccnn3)C2)c1. The Morgan fingerprint density at radius 3 is 3.05 bits per heavy atom. The summed E-state index contributed by atoms with van der Waals surface area (Å²) in [4.78, 5) is 6.47. The summed E-state index contributed by atoms with van der Waals surface area (Å²) in [6.45, 7) is 4.91. The van der Waals surface area contributed by atoms with Gasteiger partial charge < -0.3 is 5.11 Å². The van der Waals surface area contributed by atoms with Crippen molar-refractivity contribution in [1.29, 1.82) is 0 Å². The zero-order chi connectivity index (χ0) is 14.0. The van der Waals surface area contributed by atoms with Crippen molar-refractivity contribution in [3.8, 4) is 0 Å². The van der Waals surface area contributed by atoms with Gasteiger partial charge in [-0.25, -0.2) is 4.68 Å². The first-order valence-corrected chi connectivity index (χ1v) is 6.82. The summed E-state index contributed by atoms with van der Waals surface area (Å²) in [6.07, 6.45) is 7.92. The Morgan fingerprint density at radius 2 is 2.30 bits per heavy atom. The maximum atomic E-state index is 10.6. The summed E-state index contributed by atoms with van der Waals surface area (Å²) in [5, 5.41) is 18.3. The topological polar surface area (TPSA) is 67.1 Å². The van der Waals surface area contributed by atoms with Crippen molar-refractivity contribution in [2.45, 2.75) is 32.0 Å². The van der Waals surface area contributed by atoms with Gasteiger partial charge in [-0.05, 0) is 24.5 Å². The monoisotopic (exact) mass is 273 g/mol. The van der Waals surface area contributed by atoms with E-state index in [0.717, 1.165) is 19.5 Å². The second-order valence-electron chi connectivity index (χ2n) is 5.66. The lowest BCUT2D eigenvalue weighted by Crippen LogP contribution is -2.37. The van der Waals surface area contributed by atoms with E-state index in [0.29, 0.717) is 13.1 Å². The molecule has 2 aromatic heterocycles. The molecule has 0 aliphatic carbocycles. The molecule has 1 N–H and O–H groups in total. The van der Waals surface area contributed by atoms with Crippen molar-refractivity contribution < 1.29 is 5.11 Å². The van der Waals surface area contributed by atoms with Crippen LogP contribution in [0, 0.1) is 6.92 Å². The number of rotatable bonds is 4. The van der Waals surface area contributed by atoms with Crippen LogP contribution in [0.4, 0.5) is 0 Å². The number of aromatic nitrogens is 4. The highest BCUT2D eigenvalue weighted by Gasteiger charge is 2.36.